The van der Waals surface area contributed by atoms with Gasteiger partial charge in [-0.05, 0) is 55.8 Å². The molecule has 3 unspecified atom stereocenters. The molecule has 4 saturated heterocycles. The van der Waals surface area contributed by atoms with Crippen molar-refractivity contribution in [3.8, 4) is 35.4 Å². The van der Waals surface area contributed by atoms with Gasteiger partial charge in [0.05, 0.1) is 16.5 Å². The predicted molar refractivity (Wildman–Crippen MR) is 170 cm³/mol. The maximum atomic E-state index is 17.0. The van der Waals surface area contributed by atoms with Crippen molar-refractivity contribution in [2.45, 2.75) is 55.9 Å². The molecular formula is C34H34F3N7O2. The van der Waals surface area contributed by atoms with Gasteiger partial charge in [0.2, 0.25) is 0 Å². The number of hydrogen-bond acceptors (Lipinski definition) is 9. The molecule has 4 aromatic rings. The molecule has 0 spiro atoms. The fraction of sp³-hybridized carbons (Fsp3) is 0.441. The molecule has 3 N–H and O–H groups in total. The number of rotatable bonds is 6. The lowest BCUT2D eigenvalue weighted by atomic mass is 9.95. The van der Waals surface area contributed by atoms with Crippen LogP contribution in [0, 0.1) is 24.0 Å². The third kappa shape index (κ3) is 4.59. The van der Waals surface area contributed by atoms with Crippen LogP contribution >= 0.6 is 0 Å². The second-order valence-electron chi connectivity index (χ2n) is 13.0. The van der Waals surface area contributed by atoms with E-state index in [1.165, 1.54) is 24.3 Å². The maximum absolute atomic E-state index is 17.0. The summed E-state index contributed by atoms with van der Waals surface area (Å²) in [4.78, 5) is 18.4. The lowest BCUT2D eigenvalue weighted by Gasteiger charge is -2.35. The van der Waals surface area contributed by atoms with Crippen LogP contribution in [0.3, 0.4) is 0 Å². The number of ether oxygens (including phenoxy) is 1. The number of nitrogens with zero attached hydrogens (tertiary/aromatic N) is 5. The van der Waals surface area contributed by atoms with Crippen molar-refractivity contribution in [2.75, 3.05) is 50.1 Å². The zero-order chi connectivity index (χ0) is 31.7. The molecule has 2 aromatic carbocycles. The number of alkyl halides is 1. The van der Waals surface area contributed by atoms with Gasteiger partial charge < -0.3 is 25.4 Å². The highest BCUT2D eigenvalue weighted by molar-refractivity contribution is 6.05. The number of nitrogens with one attached hydrogen (secondary N) is 2. The van der Waals surface area contributed by atoms with Gasteiger partial charge in [0.25, 0.3) is 0 Å². The zero-order valence-electron chi connectivity index (χ0n) is 25.4. The number of aromatic hydroxyl groups is 1. The first-order valence-electron chi connectivity index (χ1n) is 15.8. The summed E-state index contributed by atoms with van der Waals surface area (Å²) in [6.07, 6.45) is 8.99. The number of hydrogen-bond donors (Lipinski definition) is 3. The van der Waals surface area contributed by atoms with E-state index in [1.54, 1.807) is 7.05 Å². The van der Waals surface area contributed by atoms with Crippen LogP contribution in [0.1, 0.15) is 37.7 Å². The van der Waals surface area contributed by atoms with E-state index in [1.807, 2.05) is 0 Å². The molecule has 2 aromatic heterocycles. The van der Waals surface area contributed by atoms with Crippen LogP contribution in [-0.2, 0) is 0 Å². The normalized spacial score (nSPS) is 25.7. The molecule has 46 heavy (non-hydrogen) atoms. The van der Waals surface area contributed by atoms with Gasteiger partial charge in [-0.2, -0.15) is 9.97 Å². The molecule has 0 aliphatic carbocycles. The van der Waals surface area contributed by atoms with Gasteiger partial charge in [0, 0.05) is 56.1 Å². The number of halogens is 3. The lowest BCUT2D eigenvalue weighted by molar-refractivity contribution is 0.107. The summed E-state index contributed by atoms with van der Waals surface area (Å²) in [6, 6.07) is 6.00. The van der Waals surface area contributed by atoms with Crippen LogP contribution in [0.5, 0.6) is 11.8 Å². The first-order valence-corrected chi connectivity index (χ1v) is 15.8. The van der Waals surface area contributed by atoms with Crippen molar-refractivity contribution in [1.82, 2.24) is 25.2 Å². The van der Waals surface area contributed by atoms with Gasteiger partial charge >= 0.3 is 6.01 Å². The molecule has 0 amide bonds. The highest BCUT2D eigenvalue weighted by Crippen LogP contribution is 2.43. The SMILES string of the molecule is C#Cc1c(F)ccc2cc(O)cc(-c3nc(NC)c4c(N5CC6CCC(C5)N6)nc(OCC56CCCN5C[C@H](F)C6)nc4c3F)c12. The van der Waals surface area contributed by atoms with Crippen molar-refractivity contribution >= 4 is 33.3 Å². The molecular weight excluding hydrogens is 595 g/mol. The van der Waals surface area contributed by atoms with Crippen molar-refractivity contribution in [3.63, 3.8) is 0 Å². The van der Waals surface area contributed by atoms with Gasteiger partial charge in [-0.3, -0.25) is 4.90 Å². The third-order valence-electron chi connectivity index (χ3n) is 10.2. The standard InChI is InChI=1S/C34H34F3N7O2/c1-3-23-25(36)8-5-18-11-22(45)12-24(26(18)23)29-28(37)30-27(31(38-2)40-29)32(43-15-20-6-7-21(16-43)39-20)42-33(41-30)46-17-34-9-4-10-44(34)14-19(35)13-34/h1,5,8,11-12,19-21,39,45H,4,6-7,9-10,13-17H2,2H3,(H,38,40)/t19-,20?,21?,34?/m1/s1. The Labute approximate surface area is 264 Å². The van der Waals surface area contributed by atoms with Gasteiger partial charge in [-0.25, -0.2) is 18.2 Å². The summed E-state index contributed by atoms with van der Waals surface area (Å²) in [5.74, 6) is 1.60. The van der Waals surface area contributed by atoms with Crippen molar-refractivity contribution in [2.24, 2.45) is 0 Å². The van der Waals surface area contributed by atoms with Gasteiger partial charge in [0.1, 0.15) is 47.2 Å². The van der Waals surface area contributed by atoms with E-state index in [9.17, 15) is 13.9 Å². The maximum Gasteiger partial charge on any atom is 0.319 e. The second kappa shape index (κ2) is 10.9. The highest BCUT2D eigenvalue weighted by Gasteiger charge is 2.49. The van der Waals surface area contributed by atoms with Crippen LogP contribution in [0.2, 0.25) is 0 Å². The average molecular weight is 630 g/mol. The van der Waals surface area contributed by atoms with E-state index in [0.29, 0.717) is 48.5 Å². The van der Waals surface area contributed by atoms with Crippen LogP contribution in [0.4, 0.5) is 24.8 Å². The quantitative estimate of drug-likeness (QED) is 0.261. The number of pyridine rings is 1. The Hall–Kier alpha value is -4.34. The Balaban J connectivity index is 1.32. The summed E-state index contributed by atoms with van der Waals surface area (Å²) in [7, 11) is 1.67. The Morgan fingerprint density at radius 3 is 2.70 bits per heavy atom. The van der Waals surface area contributed by atoms with Crippen molar-refractivity contribution in [3.05, 3.63) is 41.5 Å². The molecule has 12 heteroatoms. The van der Waals surface area contributed by atoms with E-state index >= 15 is 4.39 Å². The Kier molecular flexibility index (Phi) is 6.88. The number of phenols is 1. The van der Waals surface area contributed by atoms with E-state index in [2.05, 4.69) is 36.3 Å². The number of fused-ring (bicyclic) bond motifs is 5. The molecule has 4 aliphatic heterocycles. The number of benzene rings is 2. The van der Waals surface area contributed by atoms with Gasteiger partial charge in [-0.1, -0.05) is 12.0 Å². The molecule has 238 valence electrons. The van der Waals surface area contributed by atoms with E-state index < -0.39 is 23.3 Å². The van der Waals surface area contributed by atoms with Crippen LogP contribution in [0.15, 0.2) is 24.3 Å². The molecule has 2 bridgehead atoms. The smallest absolute Gasteiger partial charge is 0.319 e. The van der Waals surface area contributed by atoms with Gasteiger partial charge in [0.15, 0.2) is 5.82 Å². The zero-order valence-corrected chi connectivity index (χ0v) is 25.4. The van der Waals surface area contributed by atoms with E-state index in [0.717, 1.165) is 32.2 Å². The molecule has 9 nitrogen and oxygen atoms in total. The average Bonchev–Trinajstić information content (AvgIpc) is 3.70. The van der Waals surface area contributed by atoms with E-state index in [-0.39, 0.29) is 58.2 Å². The lowest BCUT2D eigenvalue weighted by Crippen LogP contribution is -2.51. The summed E-state index contributed by atoms with van der Waals surface area (Å²) < 4.78 is 52.7. The molecule has 0 saturated carbocycles. The Morgan fingerprint density at radius 2 is 1.93 bits per heavy atom. The summed E-state index contributed by atoms with van der Waals surface area (Å²) in [5.41, 5.74) is -0.577. The summed E-state index contributed by atoms with van der Waals surface area (Å²) in [5, 5.41) is 18.4. The molecule has 6 heterocycles. The van der Waals surface area contributed by atoms with E-state index in [4.69, 9.17) is 16.1 Å². The fourth-order valence-corrected chi connectivity index (χ4v) is 8.16. The van der Waals surface area contributed by atoms with Crippen LogP contribution in [-0.4, -0.2) is 88.6 Å². The number of anilines is 2. The molecule has 0 radical (unpaired) electrons. The van der Waals surface area contributed by atoms with Gasteiger partial charge in [-0.15, -0.1) is 6.42 Å². The molecule has 8 rings (SSSR count). The fourth-order valence-electron chi connectivity index (χ4n) is 8.16. The van der Waals surface area contributed by atoms with Crippen LogP contribution in [0.25, 0.3) is 32.9 Å². The number of terminal acetylenes is 1. The third-order valence-corrected chi connectivity index (χ3v) is 10.2. The minimum atomic E-state index is -0.924. The largest absolute Gasteiger partial charge is 0.508 e. The monoisotopic (exact) mass is 629 g/mol. The number of piperazine rings is 1. The molecule has 4 aliphatic rings. The van der Waals surface area contributed by atoms with Crippen molar-refractivity contribution < 1.29 is 23.0 Å². The second-order valence-corrected chi connectivity index (χ2v) is 13.0. The minimum Gasteiger partial charge on any atom is -0.508 e. The predicted octanol–water partition coefficient (Wildman–Crippen LogP) is 4.75. The molecule has 4 atom stereocenters. The van der Waals surface area contributed by atoms with Crippen molar-refractivity contribution in [1.29, 1.82) is 0 Å². The van der Waals surface area contributed by atoms with Crippen LogP contribution < -0.4 is 20.3 Å². The topological polar surface area (TPSA) is 98.7 Å². The Morgan fingerprint density at radius 1 is 1.13 bits per heavy atom. The molecule has 4 fully saturated rings. The summed E-state index contributed by atoms with van der Waals surface area (Å²) in [6.45, 7) is 2.70. The summed E-state index contributed by atoms with van der Waals surface area (Å²) >= 11 is 0. The minimum absolute atomic E-state index is 0.00820. The first kappa shape index (κ1) is 29.1. The first-order chi connectivity index (χ1) is 22.3. The number of aromatic nitrogens is 3. The highest BCUT2D eigenvalue weighted by atomic mass is 19.1. The number of phenolic OH excluding ortho intramolecular Hbond substituents is 1. The Bertz CT molecular complexity index is 1920.